The van der Waals surface area contributed by atoms with Crippen molar-refractivity contribution in [3.8, 4) is 0 Å². The minimum atomic E-state index is -0.528. The third-order valence-corrected chi connectivity index (χ3v) is 4.37. The van der Waals surface area contributed by atoms with Crippen LogP contribution < -0.4 is 5.32 Å². The predicted molar refractivity (Wildman–Crippen MR) is 105 cm³/mol. The van der Waals surface area contributed by atoms with Gasteiger partial charge < -0.3 is 14.5 Å². The van der Waals surface area contributed by atoms with Gasteiger partial charge in [-0.05, 0) is 59.0 Å². The molecule has 142 valence electrons. The molecule has 1 aromatic rings. The van der Waals surface area contributed by atoms with Crippen LogP contribution in [-0.2, 0) is 4.74 Å². The number of amides is 2. The lowest BCUT2D eigenvalue weighted by molar-refractivity contribution is 0.00557. The van der Waals surface area contributed by atoms with Gasteiger partial charge in [-0.2, -0.15) is 0 Å². The second-order valence-corrected chi connectivity index (χ2v) is 8.00. The molecule has 2 amide bonds. The Kier molecular flexibility index (Phi) is 6.23. The number of hydrogen-bond acceptors (Lipinski definition) is 4. The molecule has 2 atom stereocenters. The van der Waals surface area contributed by atoms with E-state index < -0.39 is 5.60 Å². The van der Waals surface area contributed by atoms with Crippen LogP contribution in [0.5, 0.6) is 0 Å². The van der Waals surface area contributed by atoms with Crippen molar-refractivity contribution in [1.82, 2.24) is 15.1 Å². The number of carbonyl (C=O) groups excluding carboxylic acids is 2. The lowest BCUT2D eigenvalue weighted by Gasteiger charge is -2.45. The number of ether oxygens (including phenoxy) is 1. The molecule has 7 heteroatoms. The summed E-state index contributed by atoms with van der Waals surface area (Å²) in [4.78, 5) is 28.3. The van der Waals surface area contributed by atoms with Gasteiger partial charge in [0.2, 0.25) is 0 Å². The van der Waals surface area contributed by atoms with Gasteiger partial charge in [0.1, 0.15) is 5.60 Å². The molecule has 1 aliphatic rings. The zero-order chi connectivity index (χ0) is 19.5. The van der Waals surface area contributed by atoms with Crippen molar-refractivity contribution in [2.45, 2.75) is 52.3 Å². The number of nitrogens with zero attached hydrogens (tertiary/aromatic N) is 2. The maximum Gasteiger partial charge on any atom is 0.410 e. The van der Waals surface area contributed by atoms with Crippen LogP contribution in [-0.4, -0.2) is 57.7 Å². The summed E-state index contributed by atoms with van der Waals surface area (Å²) in [6.07, 6.45) is -0.324. The van der Waals surface area contributed by atoms with Crippen LogP contribution in [0.3, 0.4) is 0 Å². The van der Waals surface area contributed by atoms with Crippen molar-refractivity contribution in [3.05, 3.63) is 35.9 Å². The van der Waals surface area contributed by atoms with E-state index in [1.165, 1.54) is 0 Å². The van der Waals surface area contributed by atoms with Crippen molar-refractivity contribution < 1.29 is 14.3 Å². The van der Waals surface area contributed by atoms with Crippen LogP contribution in [0.25, 0.3) is 0 Å². The number of carbonyl (C=O) groups is 2. The average Bonchev–Trinajstić information content (AvgIpc) is 2.53. The molecule has 1 saturated heterocycles. The summed E-state index contributed by atoms with van der Waals surface area (Å²) >= 11 is 5.46. The fourth-order valence-corrected chi connectivity index (χ4v) is 3.47. The fraction of sp³-hybridized carbons (Fsp3) is 0.526. The normalized spacial score (nSPS) is 20.5. The Bertz CT molecular complexity index is 660. The Labute approximate surface area is 160 Å². The first kappa shape index (κ1) is 20.2. The summed E-state index contributed by atoms with van der Waals surface area (Å²) in [6.45, 7) is 10.5. The Morgan fingerprint density at radius 2 is 1.65 bits per heavy atom. The Hall–Kier alpha value is -2.15. The van der Waals surface area contributed by atoms with E-state index in [1.54, 1.807) is 17.0 Å². The number of thiocarbonyl (C=S) groups is 1. The standard InChI is InChI=1S/C19H27N3O3S/c1-13-11-21(18(24)25-19(3,4)5)12-14(2)22(13)17(26)20-16(23)15-9-7-6-8-10-15/h6-10,13-14H,11-12H2,1-5H3,(H,20,23,26). The van der Waals surface area contributed by atoms with Crippen LogP contribution in [0.15, 0.2) is 30.3 Å². The van der Waals surface area contributed by atoms with Gasteiger partial charge in [-0.3, -0.25) is 10.1 Å². The number of hydrogen-bond donors (Lipinski definition) is 1. The Morgan fingerprint density at radius 3 is 2.15 bits per heavy atom. The number of piperazine rings is 1. The molecule has 1 aliphatic heterocycles. The van der Waals surface area contributed by atoms with E-state index in [4.69, 9.17) is 17.0 Å². The maximum absolute atomic E-state index is 12.3. The first-order chi connectivity index (χ1) is 12.1. The molecule has 0 aliphatic carbocycles. The molecule has 26 heavy (non-hydrogen) atoms. The fourth-order valence-electron chi connectivity index (χ4n) is 3.02. The van der Waals surface area contributed by atoms with Crippen LogP contribution in [0, 0.1) is 0 Å². The molecule has 0 spiro atoms. The summed E-state index contributed by atoms with van der Waals surface area (Å²) in [5.74, 6) is -0.232. The SMILES string of the molecule is CC1CN(C(=O)OC(C)(C)C)CC(C)N1C(=S)NC(=O)c1ccccc1. The molecule has 2 rings (SSSR count). The smallest absolute Gasteiger partial charge is 0.410 e. The van der Waals surface area contributed by atoms with Crippen LogP contribution in [0.2, 0.25) is 0 Å². The van der Waals surface area contributed by atoms with E-state index in [-0.39, 0.29) is 24.1 Å². The van der Waals surface area contributed by atoms with Gasteiger partial charge in [0.25, 0.3) is 5.91 Å². The van der Waals surface area contributed by atoms with Crippen molar-refractivity contribution in [3.63, 3.8) is 0 Å². The van der Waals surface area contributed by atoms with Gasteiger partial charge in [-0.25, -0.2) is 4.79 Å². The first-order valence-corrected chi connectivity index (χ1v) is 9.16. The molecular formula is C19H27N3O3S. The molecule has 0 radical (unpaired) electrons. The number of rotatable bonds is 1. The van der Waals surface area contributed by atoms with E-state index in [2.05, 4.69) is 5.32 Å². The average molecular weight is 378 g/mol. The highest BCUT2D eigenvalue weighted by Gasteiger charge is 2.35. The lowest BCUT2D eigenvalue weighted by Crippen LogP contribution is -2.62. The summed E-state index contributed by atoms with van der Waals surface area (Å²) in [6, 6.07) is 8.89. The molecule has 0 bridgehead atoms. The topological polar surface area (TPSA) is 61.9 Å². The molecule has 1 aromatic carbocycles. The monoisotopic (exact) mass is 377 g/mol. The second kappa shape index (κ2) is 8.03. The van der Waals surface area contributed by atoms with Crippen molar-refractivity contribution in [2.24, 2.45) is 0 Å². The molecule has 0 aromatic heterocycles. The second-order valence-electron chi connectivity index (χ2n) is 7.62. The summed E-state index contributed by atoms with van der Waals surface area (Å²) in [7, 11) is 0. The highest BCUT2D eigenvalue weighted by molar-refractivity contribution is 7.80. The largest absolute Gasteiger partial charge is 0.444 e. The minimum absolute atomic E-state index is 0.0326. The van der Waals surface area contributed by atoms with Gasteiger partial charge in [-0.1, -0.05) is 18.2 Å². The lowest BCUT2D eigenvalue weighted by atomic mass is 10.1. The Morgan fingerprint density at radius 1 is 1.12 bits per heavy atom. The highest BCUT2D eigenvalue weighted by atomic mass is 32.1. The van der Waals surface area contributed by atoms with Crippen LogP contribution in [0.4, 0.5) is 4.79 Å². The zero-order valence-electron chi connectivity index (χ0n) is 16.0. The van der Waals surface area contributed by atoms with Crippen molar-refractivity contribution >= 4 is 29.3 Å². The predicted octanol–water partition coefficient (Wildman–Crippen LogP) is 3.03. The molecule has 1 heterocycles. The summed E-state index contributed by atoms with van der Waals surface area (Å²) < 4.78 is 5.46. The molecule has 0 saturated carbocycles. The highest BCUT2D eigenvalue weighted by Crippen LogP contribution is 2.19. The molecular weight excluding hydrogens is 350 g/mol. The third-order valence-electron chi connectivity index (χ3n) is 4.06. The van der Waals surface area contributed by atoms with E-state index in [0.717, 1.165) is 0 Å². The van der Waals surface area contributed by atoms with Crippen LogP contribution >= 0.6 is 12.2 Å². The van der Waals surface area contributed by atoms with Gasteiger partial charge in [-0.15, -0.1) is 0 Å². The van der Waals surface area contributed by atoms with E-state index in [0.29, 0.717) is 23.8 Å². The molecule has 1 fully saturated rings. The third kappa shape index (κ3) is 5.17. The number of nitrogens with one attached hydrogen (secondary N) is 1. The van der Waals surface area contributed by atoms with E-state index in [1.807, 2.05) is 57.7 Å². The summed E-state index contributed by atoms with van der Waals surface area (Å²) in [5, 5.41) is 3.17. The zero-order valence-corrected chi connectivity index (χ0v) is 16.8. The first-order valence-electron chi connectivity index (χ1n) is 8.75. The van der Waals surface area contributed by atoms with Crippen LogP contribution in [0.1, 0.15) is 45.0 Å². The van der Waals surface area contributed by atoms with Crippen molar-refractivity contribution in [2.75, 3.05) is 13.1 Å². The summed E-state index contributed by atoms with van der Waals surface area (Å²) in [5.41, 5.74) is 0.0298. The number of benzene rings is 1. The Balaban J connectivity index is 2.00. The van der Waals surface area contributed by atoms with Gasteiger partial charge >= 0.3 is 6.09 Å². The molecule has 6 nitrogen and oxygen atoms in total. The maximum atomic E-state index is 12.3. The molecule has 1 N–H and O–H groups in total. The minimum Gasteiger partial charge on any atom is -0.444 e. The molecule has 2 unspecified atom stereocenters. The van der Waals surface area contributed by atoms with Crippen molar-refractivity contribution in [1.29, 1.82) is 0 Å². The quantitative estimate of drug-likeness (QED) is 0.762. The van der Waals surface area contributed by atoms with E-state index >= 15 is 0 Å². The van der Waals surface area contributed by atoms with Gasteiger partial charge in [0.15, 0.2) is 5.11 Å². The van der Waals surface area contributed by atoms with E-state index in [9.17, 15) is 9.59 Å². The van der Waals surface area contributed by atoms with Gasteiger partial charge in [0.05, 0.1) is 0 Å². The van der Waals surface area contributed by atoms with Gasteiger partial charge in [0, 0.05) is 30.7 Å².